The maximum Gasteiger partial charge on any atom is 0.129 e. The molecule has 0 spiro atoms. The molecule has 2 aromatic rings. The van der Waals surface area contributed by atoms with E-state index in [1.807, 2.05) is 19.1 Å². The minimum atomic E-state index is 0.605. The minimum absolute atomic E-state index is 0.605. The standard InChI is InChI=1S/C20H26ClN3O2/c1-15-4-3-7-22-20(15)17-12-19(23-13-18(17)21)24-8-5-16(6-9-24)14-26-11-10-25-2/h3-4,7,12-13,16H,5-6,8-11,14H2,1-2H3. The van der Waals surface area contributed by atoms with Gasteiger partial charge in [-0.3, -0.25) is 4.98 Å². The predicted molar refractivity (Wildman–Crippen MR) is 105 cm³/mol. The zero-order valence-corrected chi connectivity index (χ0v) is 16.2. The van der Waals surface area contributed by atoms with Crippen molar-refractivity contribution in [3.63, 3.8) is 0 Å². The summed E-state index contributed by atoms with van der Waals surface area (Å²) in [6.07, 6.45) is 5.75. The summed E-state index contributed by atoms with van der Waals surface area (Å²) in [5, 5.41) is 0.636. The molecular formula is C20H26ClN3O2. The van der Waals surface area contributed by atoms with Crippen LogP contribution in [0.1, 0.15) is 18.4 Å². The number of hydrogen-bond donors (Lipinski definition) is 0. The summed E-state index contributed by atoms with van der Waals surface area (Å²) in [7, 11) is 1.70. The summed E-state index contributed by atoms with van der Waals surface area (Å²) in [5.74, 6) is 1.57. The number of ether oxygens (including phenoxy) is 2. The minimum Gasteiger partial charge on any atom is -0.382 e. The Hall–Kier alpha value is -1.69. The van der Waals surface area contributed by atoms with Crippen LogP contribution >= 0.6 is 11.6 Å². The van der Waals surface area contributed by atoms with E-state index in [1.54, 1.807) is 19.5 Å². The monoisotopic (exact) mass is 375 g/mol. The van der Waals surface area contributed by atoms with E-state index in [1.165, 1.54) is 0 Å². The van der Waals surface area contributed by atoms with Gasteiger partial charge in [0, 0.05) is 44.8 Å². The van der Waals surface area contributed by atoms with Crippen LogP contribution in [0, 0.1) is 12.8 Å². The quantitative estimate of drug-likeness (QED) is 0.685. The number of anilines is 1. The zero-order chi connectivity index (χ0) is 18.4. The lowest BCUT2D eigenvalue weighted by Crippen LogP contribution is -2.35. The second kappa shape index (κ2) is 9.31. The van der Waals surface area contributed by atoms with Crippen LogP contribution in [-0.2, 0) is 9.47 Å². The summed E-state index contributed by atoms with van der Waals surface area (Å²) in [5.41, 5.74) is 2.97. The van der Waals surface area contributed by atoms with Gasteiger partial charge >= 0.3 is 0 Å². The van der Waals surface area contributed by atoms with E-state index >= 15 is 0 Å². The van der Waals surface area contributed by atoms with Crippen molar-refractivity contribution in [3.05, 3.63) is 41.2 Å². The lowest BCUT2D eigenvalue weighted by atomic mass is 9.97. The van der Waals surface area contributed by atoms with Crippen LogP contribution in [0.25, 0.3) is 11.3 Å². The molecule has 0 atom stereocenters. The summed E-state index contributed by atoms with van der Waals surface area (Å²) in [6, 6.07) is 6.05. The Labute approximate surface area is 160 Å². The Morgan fingerprint density at radius 1 is 1.23 bits per heavy atom. The molecule has 0 aliphatic carbocycles. The van der Waals surface area contributed by atoms with Gasteiger partial charge in [-0.1, -0.05) is 17.7 Å². The molecule has 1 saturated heterocycles. The van der Waals surface area contributed by atoms with Crippen molar-refractivity contribution in [2.45, 2.75) is 19.8 Å². The van der Waals surface area contributed by atoms with E-state index in [-0.39, 0.29) is 0 Å². The zero-order valence-electron chi connectivity index (χ0n) is 15.4. The van der Waals surface area contributed by atoms with E-state index in [0.29, 0.717) is 24.2 Å². The lowest BCUT2D eigenvalue weighted by Gasteiger charge is -2.33. The molecular weight excluding hydrogens is 350 g/mol. The molecule has 0 radical (unpaired) electrons. The van der Waals surface area contributed by atoms with Gasteiger partial charge in [-0.25, -0.2) is 4.98 Å². The van der Waals surface area contributed by atoms with Crippen molar-refractivity contribution in [2.24, 2.45) is 5.92 Å². The highest BCUT2D eigenvalue weighted by atomic mass is 35.5. The first kappa shape index (κ1) is 19.1. The van der Waals surface area contributed by atoms with Gasteiger partial charge in [-0.2, -0.15) is 0 Å². The fourth-order valence-corrected chi connectivity index (χ4v) is 3.46. The van der Waals surface area contributed by atoms with Crippen LogP contribution in [-0.4, -0.2) is 50.0 Å². The molecule has 0 saturated carbocycles. The number of aromatic nitrogens is 2. The smallest absolute Gasteiger partial charge is 0.129 e. The van der Waals surface area contributed by atoms with Crippen LogP contribution in [0.15, 0.2) is 30.6 Å². The van der Waals surface area contributed by atoms with Gasteiger partial charge in [-0.05, 0) is 43.4 Å². The molecule has 1 aliphatic heterocycles. The Morgan fingerprint density at radius 2 is 2.04 bits per heavy atom. The van der Waals surface area contributed by atoms with Gasteiger partial charge in [-0.15, -0.1) is 0 Å². The number of rotatable bonds is 7. The average Bonchev–Trinajstić information content (AvgIpc) is 2.67. The Bertz CT molecular complexity index is 718. The van der Waals surface area contributed by atoms with Crippen LogP contribution < -0.4 is 4.90 Å². The molecule has 6 heteroatoms. The number of aryl methyl sites for hydroxylation is 1. The molecule has 0 N–H and O–H groups in total. The first-order chi connectivity index (χ1) is 12.7. The number of hydrogen-bond acceptors (Lipinski definition) is 5. The molecule has 1 fully saturated rings. The average molecular weight is 376 g/mol. The highest BCUT2D eigenvalue weighted by Gasteiger charge is 2.21. The molecule has 1 aliphatic rings. The summed E-state index contributed by atoms with van der Waals surface area (Å²) < 4.78 is 10.7. The third-order valence-electron chi connectivity index (χ3n) is 4.83. The lowest BCUT2D eigenvalue weighted by molar-refractivity contribution is 0.0465. The maximum absolute atomic E-state index is 6.40. The van der Waals surface area contributed by atoms with Crippen LogP contribution in [0.5, 0.6) is 0 Å². The maximum atomic E-state index is 6.40. The van der Waals surface area contributed by atoms with Gasteiger partial charge < -0.3 is 14.4 Å². The molecule has 140 valence electrons. The fraction of sp³-hybridized carbons (Fsp3) is 0.500. The fourth-order valence-electron chi connectivity index (χ4n) is 3.27. The summed E-state index contributed by atoms with van der Waals surface area (Å²) >= 11 is 6.40. The second-order valence-electron chi connectivity index (χ2n) is 6.69. The molecule has 3 heterocycles. The van der Waals surface area contributed by atoms with Gasteiger partial charge in [0.05, 0.1) is 23.9 Å². The number of pyridine rings is 2. The summed E-state index contributed by atoms with van der Waals surface area (Å²) in [6.45, 7) is 6.14. The molecule has 5 nitrogen and oxygen atoms in total. The van der Waals surface area contributed by atoms with Gasteiger partial charge in [0.1, 0.15) is 5.82 Å². The highest BCUT2D eigenvalue weighted by Crippen LogP contribution is 2.32. The number of nitrogens with zero attached hydrogens (tertiary/aromatic N) is 3. The molecule has 0 bridgehead atoms. The Balaban J connectivity index is 1.64. The third-order valence-corrected chi connectivity index (χ3v) is 5.13. The molecule has 26 heavy (non-hydrogen) atoms. The van der Waals surface area contributed by atoms with Crippen molar-refractivity contribution in [1.29, 1.82) is 0 Å². The number of piperidine rings is 1. The predicted octanol–water partition coefficient (Wildman–Crippen LogP) is 3.98. The molecule has 3 rings (SSSR count). The first-order valence-corrected chi connectivity index (χ1v) is 9.46. The Kier molecular flexibility index (Phi) is 6.83. The van der Waals surface area contributed by atoms with Crippen molar-refractivity contribution in [3.8, 4) is 11.3 Å². The van der Waals surface area contributed by atoms with Crippen molar-refractivity contribution in [1.82, 2.24) is 9.97 Å². The van der Waals surface area contributed by atoms with Gasteiger partial charge in [0.2, 0.25) is 0 Å². The molecule has 0 unspecified atom stereocenters. The topological polar surface area (TPSA) is 47.5 Å². The first-order valence-electron chi connectivity index (χ1n) is 9.08. The highest BCUT2D eigenvalue weighted by molar-refractivity contribution is 6.33. The molecule has 0 aromatic carbocycles. The van der Waals surface area contributed by atoms with Crippen molar-refractivity contribution in [2.75, 3.05) is 44.9 Å². The van der Waals surface area contributed by atoms with E-state index < -0.39 is 0 Å². The second-order valence-corrected chi connectivity index (χ2v) is 7.10. The van der Waals surface area contributed by atoms with Crippen molar-refractivity contribution < 1.29 is 9.47 Å². The largest absolute Gasteiger partial charge is 0.382 e. The van der Waals surface area contributed by atoms with Gasteiger partial charge in [0.15, 0.2) is 0 Å². The van der Waals surface area contributed by atoms with E-state index in [0.717, 1.165) is 55.2 Å². The normalized spacial score (nSPS) is 15.4. The van der Waals surface area contributed by atoms with Crippen LogP contribution in [0.4, 0.5) is 5.82 Å². The van der Waals surface area contributed by atoms with Crippen LogP contribution in [0.3, 0.4) is 0 Å². The number of methoxy groups -OCH3 is 1. The Morgan fingerprint density at radius 3 is 2.77 bits per heavy atom. The van der Waals surface area contributed by atoms with Crippen LogP contribution in [0.2, 0.25) is 5.02 Å². The SMILES string of the molecule is COCCOCC1CCN(c2cc(-c3ncccc3C)c(Cl)cn2)CC1. The summed E-state index contributed by atoms with van der Waals surface area (Å²) in [4.78, 5) is 11.4. The third kappa shape index (κ3) is 4.72. The van der Waals surface area contributed by atoms with Crippen molar-refractivity contribution >= 4 is 17.4 Å². The molecule has 2 aromatic heterocycles. The molecule has 0 amide bonds. The van der Waals surface area contributed by atoms with E-state index in [4.69, 9.17) is 21.1 Å². The van der Waals surface area contributed by atoms with E-state index in [2.05, 4.69) is 20.9 Å². The van der Waals surface area contributed by atoms with Gasteiger partial charge in [0.25, 0.3) is 0 Å². The number of halogens is 1. The van der Waals surface area contributed by atoms with E-state index in [9.17, 15) is 0 Å².